The van der Waals surface area contributed by atoms with E-state index in [2.05, 4.69) is 0 Å². The summed E-state index contributed by atoms with van der Waals surface area (Å²) in [5.41, 5.74) is 5.13. The van der Waals surface area contributed by atoms with Crippen LogP contribution in [0.25, 0.3) is 0 Å². The number of nitrogens with two attached hydrogens (primary N) is 1. The number of carboxylic acids is 1. The Kier molecular flexibility index (Phi) is 2.18. The molecule has 1 aliphatic rings. The van der Waals surface area contributed by atoms with Crippen LogP contribution in [0.3, 0.4) is 0 Å². The van der Waals surface area contributed by atoms with Crippen LogP contribution in [0.4, 0.5) is 0 Å². The lowest BCUT2D eigenvalue weighted by molar-refractivity contribution is -0.150. The van der Waals surface area contributed by atoms with Gasteiger partial charge in [0.25, 0.3) is 0 Å². The van der Waals surface area contributed by atoms with Crippen LogP contribution in [0.15, 0.2) is 0 Å². The minimum absolute atomic E-state index is 0.0878. The van der Waals surface area contributed by atoms with Crippen molar-refractivity contribution in [2.75, 3.05) is 0 Å². The average Bonchev–Trinajstić information content (AvgIpc) is 1.86. The maximum absolute atomic E-state index is 10.8. The lowest BCUT2D eigenvalue weighted by Crippen LogP contribution is -2.39. The van der Waals surface area contributed by atoms with Gasteiger partial charge in [-0.15, -0.1) is 0 Å². The first-order valence-corrected chi connectivity index (χ1v) is 4.03. The van der Waals surface area contributed by atoms with E-state index in [-0.39, 0.29) is 6.04 Å². The fraction of sp³-hybridized carbons (Fsp3) is 0.875. The first-order valence-electron chi connectivity index (χ1n) is 4.03. The van der Waals surface area contributed by atoms with Gasteiger partial charge in [0.05, 0.1) is 5.41 Å². The maximum Gasteiger partial charge on any atom is 0.309 e. The monoisotopic (exact) mass is 157 g/mol. The van der Waals surface area contributed by atoms with Crippen LogP contribution in [-0.2, 0) is 4.79 Å². The van der Waals surface area contributed by atoms with Crippen LogP contribution in [0.5, 0.6) is 0 Å². The van der Waals surface area contributed by atoms with Crippen molar-refractivity contribution in [1.82, 2.24) is 0 Å². The van der Waals surface area contributed by atoms with Gasteiger partial charge in [-0.25, -0.2) is 0 Å². The molecule has 2 unspecified atom stereocenters. The molecule has 0 spiro atoms. The van der Waals surface area contributed by atoms with E-state index in [1.165, 1.54) is 0 Å². The fourth-order valence-electron chi connectivity index (χ4n) is 1.73. The summed E-state index contributed by atoms with van der Waals surface area (Å²) >= 11 is 0. The average molecular weight is 157 g/mol. The molecule has 3 nitrogen and oxygen atoms in total. The Morgan fingerprint density at radius 1 is 1.73 bits per heavy atom. The van der Waals surface area contributed by atoms with Crippen LogP contribution in [0, 0.1) is 5.41 Å². The number of carboxylic acid groups (broad SMARTS) is 1. The Bertz CT molecular complexity index is 169. The number of hydrogen-bond acceptors (Lipinski definition) is 2. The highest BCUT2D eigenvalue weighted by Crippen LogP contribution is 2.35. The standard InChI is InChI=1S/C8H15NO2/c1-8(7(10)11)4-2-3-6(9)5-8/h6H,2-5,9H2,1H3,(H,10,11). The normalized spacial score (nSPS) is 38.5. The summed E-state index contributed by atoms with van der Waals surface area (Å²) < 4.78 is 0. The van der Waals surface area contributed by atoms with E-state index in [1.54, 1.807) is 6.92 Å². The molecular weight excluding hydrogens is 142 g/mol. The van der Waals surface area contributed by atoms with Crippen LogP contribution in [0.2, 0.25) is 0 Å². The smallest absolute Gasteiger partial charge is 0.309 e. The Morgan fingerprint density at radius 3 is 2.73 bits per heavy atom. The maximum atomic E-state index is 10.8. The Morgan fingerprint density at radius 2 is 2.36 bits per heavy atom. The molecule has 11 heavy (non-hydrogen) atoms. The zero-order valence-electron chi connectivity index (χ0n) is 6.84. The van der Waals surface area contributed by atoms with E-state index in [0.29, 0.717) is 6.42 Å². The van der Waals surface area contributed by atoms with Crippen molar-refractivity contribution < 1.29 is 9.90 Å². The zero-order valence-corrected chi connectivity index (χ0v) is 6.84. The second-order valence-electron chi connectivity index (χ2n) is 3.72. The van der Waals surface area contributed by atoms with Gasteiger partial charge in [0, 0.05) is 6.04 Å². The number of rotatable bonds is 1. The van der Waals surface area contributed by atoms with E-state index in [4.69, 9.17) is 10.8 Å². The Hall–Kier alpha value is -0.570. The summed E-state index contributed by atoms with van der Waals surface area (Å²) in [4.78, 5) is 10.8. The number of aliphatic carboxylic acids is 1. The highest BCUT2D eigenvalue weighted by molar-refractivity contribution is 5.74. The third-order valence-electron chi connectivity index (χ3n) is 2.53. The molecule has 0 aliphatic heterocycles. The quantitative estimate of drug-likeness (QED) is 0.596. The summed E-state index contributed by atoms with van der Waals surface area (Å²) in [7, 11) is 0. The summed E-state index contributed by atoms with van der Waals surface area (Å²) in [6.45, 7) is 1.79. The van der Waals surface area contributed by atoms with Gasteiger partial charge in [0.15, 0.2) is 0 Å². The van der Waals surface area contributed by atoms with Crippen molar-refractivity contribution in [1.29, 1.82) is 0 Å². The molecule has 1 aliphatic carbocycles. The van der Waals surface area contributed by atoms with Gasteiger partial charge in [-0.2, -0.15) is 0 Å². The van der Waals surface area contributed by atoms with Gasteiger partial charge in [0.1, 0.15) is 0 Å². The van der Waals surface area contributed by atoms with E-state index in [1.807, 2.05) is 0 Å². The van der Waals surface area contributed by atoms with Crippen molar-refractivity contribution in [3.63, 3.8) is 0 Å². The fourth-order valence-corrected chi connectivity index (χ4v) is 1.73. The molecule has 0 aromatic carbocycles. The van der Waals surface area contributed by atoms with Crippen molar-refractivity contribution in [2.24, 2.45) is 11.1 Å². The van der Waals surface area contributed by atoms with Gasteiger partial charge in [-0.1, -0.05) is 6.42 Å². The van der Waals surface area contributed by atoms with E-state index < -0.39 is 11.4 Å². The zero-order chi connectivity index (χ0) is 8.48. The Balaban J connectivity index is 2.63. The summed E-state index contributed by atoms with van der Waals surface area (Å²) in [5.74, 6) is -0.701. The van der Waals surface area contributed by atoms with Crippen LogP contribution >= 0.6 is 0 Å². The second kappa shape index (κ2) is 2.81. The minimum Gasteiger partial charge on any atom is -0.481 e. The van der Waals surface area contributed by atoms with Gasteiger partial charge in [-0.3, -0.25) is 4.79 Å². The van der Waals surface area contributed by atoms with Crippen LogP contribution in [-0.4, -0.2) is 17.1 Å². The lowest BCUT2D eigenvalue weighted by atomic mass is 9.74. The molecule has 0 bridgehead atoms. The summed E-state index contributed by atoms with van der Waals surface area (Å²) in [5, 5.41) is 8.86. The third kappa shape index (κ3) is 1.71. The van der Waals surface area contributed by atoms with Gasteiger partial charge in [-0.05, 0) is 26.2 Å². The molecule has 0 aromatic rings. The largest absolute Gasteiger partial charge is 0.481 e. The van der Waals surface area contributed by atoms with Gasteiger partial charge >= 0.3 is 5.97 Å². The molecule has 0 radical (unpaired) electrons. The predicted octanol–water partition coefficient (Wildman–Crippen LogP) is 0.979. The first-order chi connectivity index (χ1) is 5.04. The van der Waals surface area contributed by atoms with Crippen LogP contribution < -0.4 is 5.73 Å². The number of carbonyl (C=O) groups is 1. The molecule has 2 atom stereocenters. The Labute approximate surface area is 66.6 Å². The second-order valence-corrected chi connectivity index (χ2v) is 3.72. The predicted molar refractivity (Wildman–Crippen MR) is 42.2 cm³/mol. The molecule has 1 saturated carbocycles. The van der Waals surface area contributed by atoms with E-state index in [9.17, 15) is 4.79 Å². The highest BCUT2D eigenvalue weighted by Gasteiger charge is 2.37. The topological polar surface area (TPSA) is 63.3 Å². The number of hydrogen-bond donors (Lipinski definition) is 2. The lowest BCUT2D eigenvalue weighted by Gasteiger charge is -2.32. The molecule has 3 heteroatoms. The summed E-state index contributed by atoms with van der Waals surface area (Å²) in [6, 6.07) is 0.0878. The molecule has 0 saturated heterocycles. The SMILES string of the molecule is CC1(C(=O)O)CCCC(N)C1. The van der Waals surface area contributed by atoms with Crippen molar-refractivity contribution in [3.05, 3.63) is 0 Å². The minimum atomic E-state index is -0.701. The molecule has 3 N–H and O–H groups in total. The third-order valence-corrected chi connectivity index (χ3v) is 2.53. The van der Waals surface area contributed by atoms with Crippen molar-refractivity contribution in [3.8, 4) is 0 Å². The van der Waals surface area contributed by atoms with Gasteiger partial charge in [0.2, 0.25) is 0 Å². The highest BCUT2D eigenvalue weighted by atomic mass is 16.4. The molecule has 1 rings (SSSR count). The molecular formula is C8H15NO2. The van der Waals surface area contributed by atoms with Crippen LogP contribution in [0.1, 0.15) is 32.6 Å². The summed E-state index contributed by atoms with van der Waals surface area (Å²) in [6.07, 6.45) is 3.32. The molecule has 0 amide bonds. The van der Waals surface area contributed by atoms with E-state index >= 15 is 0 Å². The van der Waals surface area contributed by atoms with Gasteiger partial charge < -0.3 is 10.8 Å². The molecule has 1 fully saturated rings. The first kappa shape index (κ1) is 8.53. The van der Waals surface area contributed by atoms with Crippen molar-refractivity contribution >= 4 is 5.97 Å². The van der Waals surface area contributed by atoms with Crippen molar-refractivity contribution in [2.45, 2.75) is 38.6 Å². The molecule has 0 heterocycles. The van der Waals surface area contributed by atoms with E-state index in [0.717, 1.165) is 19.3 Å². The molecule has 0 aromatic heterocycles. The molecule has 64 valence electrons.